The first-order valence-corrected chi connectivity index (χ1v) is 7.86. The predicted molar refractivity (Wildman–Crippen MR) is 86.6 cm³/mol. The fourth-order valence-corrected chi connectivity index (χ4v) is 1.64. The van der Waals surface area contributed by atoms with E-state index in [0.29, 0.717) is 0 Å². The number of hydrogen-bond donors (Lipinski definition) is 1. The molecule has 1 unspecified atom stereocenters. The Morgan fingerprint density at radius 3 is 1.92 bits per heavy atom. The summed E-state index contributed by atoms with van der Waals surface area (Å²) in [6, 6.07) is -1.20. The Morgan fingerprint density at radius 2 is 1.52 bits per heavy atom. The van der Waals surface area contributed by atoms with Crippen molar-refractivity contribution in [2.24, 2.45) is 0 Å². The zero-order valence-electron chi connectivity index (χ0n) is 15.9. The average Bonchev–Trinajstić information content (AvgIpc) is 2.38. The highest BCUT2D eigenvalue weighted by Crippen LogP contribution is 2.23. The molecular weight excluding hydrogens is 340 g/mol. The van der Waals surface area contributed by atoms with Gasteiger partial charge in [0.1, 0.15) is 24.4 Å². The van der Waals surface area contributed by atoms with Crippen LogP contribution in [0.1, 0.15) is 48.0 Å². The van der Waals surface area contributed by atoms with Crippen LogP contribution in [-0.2, 0) is 14.2 Å². The summed E-state index contributed by atoms with van der Waals surface area (Å²) in [6.45, 7) is 7.85. The minimum atomic E-state index is -3.45. The van der Waals surface area contributed by atoms with Gasteiger partial charge in [-0.1, -0.05) is 0 Å². The van der Waals surface area contributed by atoms with E-state index < -0.39 is 55.0 Å². The summed E-state index contributed by atoms with van der Waals surface area (Å²) in [6.07, 6.45) is -2.79. The molecule has 7 nitrogen and oxygen atoms in total. The lowest BCUT2D eigenvalue weighted by Gasteiger charge is -2.32. The third-order valence-corrected chi connectivity index (χ3v) is 2.78. The quantitative estimate of drug-likeness (QED) is 0.724. The number of carbonyl (C=O) groups excluding carboxylic acids is 2. The van der Waals surface area contributed by atoms with Crippen LogP contribution in [0.15, 0.2) is 0 Å². The maximum absolute atomic E-state index is 13.6. The Kier molecular flexibility index (Phi) is 8.07. The third-order valence-electron chi connectivity index (χ3n) is 2.78. The van der Waals surface area contributed by atoms with Crippen LogP contribution in [-0.4, -0.2) is 65.7 Å². The average molecular weight is 369 g/mol. The van der Waals surface area contributed by atoms with Gasteiger partial charge >= 0.3 is 12.2 Å². The molecule has 0 aromatic rings. The SMILES string of the molecule is CN(C(=O)OC(C)(C)C)C(COC(=O)OC(C)(C)C)CC(F)(F)CO. The van der Waals surface area contributed by atoms with Crippen molar-refractivity contribution in [3.05, 3.63) is 0 Å². The fourth-order valence-electron chi connectivity index (χ4n) is 1.64. The number of carbonyl (C=O) groups is 2. The van der Waals surface area contributed by atoms with Gasteiger partial charge in [-0.25, -0.2) is 18.4 Å². The number of aliphatic hydroxyl groups excluding tert-OH is 1. The Morgan fingerprint density at radius 1 is 1.04 bits per heavy atom. The first-order valence-electron chi connectivity index (χ1n) is 7.86. The number of halogens is 2. The topological polar surface area (TPSA) is 85.3 Å². The monoisotopic (exact) mass is 369 g/mol. The van der Waals surface area contributed by atoms with Gasteiger partial charge in [0, 0.05) is 13.5 Å². The summed E-state index contributed by atoms with van der Waals surface area (Å²) in [5.74, 6) is -3.45. The molecule has 0 aromatic carbocycles. The van der Waals surface area contributed by atoms with E-state index in [1.807, 2.05) is 0 Å². The second-order valence-electron chi connectivity index (χ2n) is 7.74. The van der Waals surface area contributed by atoms with Crippen LogP contribution in [0, 0.1) is 0 Å². The van der Waals surface area contributed by atoms with E-state index in [1.54, 1.807) is 41.5 Å². The van der Waals surface area contributed by atoms with E-state index in [4.69, 9.17) is 19.3 Å². The van der Waals surface area contributed by atoms with Crippen LogP contribution in [0.3, 0.4) is 0 Å². The molecule has 0 heterocycles. The summed E-state index contributed by atoms with van der Waals surface area (Å²) in [4.78, 5) is 24.6. The number of alkyl halides is 2. The molecule has 9 heteroatoms. The van der Waals surface area contributed by atoms with Crippen molar-refractivity contribution in [2.45, 2.75) is 71.1 Å². The molecule has 0 aliphatic rings. The van der Waals surface area contributed by atoms with Gasteiger partial charge in [-0.2, -0.15) is 0 Å². The van der Waals surface area contributed by atoms with Gasteiger partial charge in [-0.05, 0) is 41.5 Å². The second kappa shape index (κ2) is 8.64. The Balaban J connectivity index is 5.04. The van der Waals surface area contributed by atoms with Crippen molar-refractivity contribution < 1.29 is 37.7 Å². The van der Waals surface area contributed by atoms with E-state index in [0.717, 1.165) is 4.90 Å². The van der Waals surface area contributed by atoms with Crippen LogP contribution in [0.5, 0.6) is 0 Å². The minimum absolute atomic E-state index is 0.528. The molecule has 0 spiro atoms. The van der Waals surface area contributed by atoms with Crippen molar-refractivity contribution in [3.8, 4) is 0 Å². The summed E-state index contributed by atoms with van der Waals surface area (Å²) in [5.41, 5.74) is -1.62. The molecule has 148 valence electrons. The maximum atomic E-state index is 13.6. The number of ether oxygens (including phenoxy) is 3. The summed E-state index contributed by atoms with van der Waals surface area (Å²) < 4.78 is 42.0. The molecule has 1 N–H and O–H groups in total. The first-order chi connectivity index (χ1) is 11.1. The molecule has 0 bridgehead atoms. The fraction of sp³-hybridized carbons (Fsp3) is 0.875. The molecule has 0 aliphatic heterocycles. The van der Waals surface area contributed by atoms with E-state index in [2.05, 4.69) is 0 Å². The van der Waals surface area contributed by atoms with Crippen LogP contribution in [0.25, 0.3) is 0 Å². The minimum Gasteiger partial charge on any atom is -0.444 e. The number of aliphatic hydroxyl groups is 1. The number of rotatable bonds is 6. The molecular formula is C16H29F2NO6. The van der Waals surface area contributed by atoms with E-state index in [-0.39, 0.29) is 0 Å². The summed E-state index contributed by atoms with van der Waals surface area (Å²) in [5, 5.41) is 8.76. The van der Waals surface area contributed by atoms with Gasteiger partial charge in [0.05, 0.1) is 6.04 Å². The second-order valence-corrected chi connectivity index (χ2v) is 7.74. The van der Waals surface area contributed by atoms with Crippen molar-refractivity contribution in [1.29, 1.82) is 0 Å². The van der Waals surface area contributed by atoms with Gasteiger partial charge < -0.3 is 24.2 Å². The highest BCUT2D eigenvalue weighted by Gasteiger charge is 2.37. The highest BCUT2D eigenvalue weighted by molar-refractivity contribution is 5.68. The standard InChI is InChI=1S/C16H29F2NO6/c1-14(2,3)24-12(21)19(7)11(8-16(17,18)10-20)9-23-13(22)25-15(4,5)6/h11,20H,8-10H2,1-7H3. The molecule has 0 aliphatic carbocycles. The van der Waals surface area contributed by atoms with Crippen molar-refractivity contribution in [1.82, 2.24) is 4.90 Å². The van der Waals surface area contributed by atoms with Gasteiger partial charge in [0.25, 0.3) is 5.92 Å². The molecule has 0 saturated heterocycles. The van der Waals surface area contributed by atoms with Gasteiger partial charge in [-0.15, -0.1) is 0 Å². The Labute approximate surface area is 147 Å². The normalized spacial score (nSPS) is 13.8. The number of hydrogen-bond acceptors (Lipinski definition) is 6. The number of amides is 1. The highest BCUT2D eigenvalue weighted by atomic mass is 19.3. The number of nitrogens with zero attached hydrogens (tertiary/aromatic N) is 1. The zero-order chi connectivity index (χ0) is 20.1. The molecule has 1 amide bonds. The van der Waals surface area contributed by atoms with E-state index >= 15 is 0 Å². The molecule has 0 radical (unpaired) electrons. The molecule has 0 saturated carbocycles. The van der Waals surface area contributed by atoms with E-state index in [1.165, 1.54) is 7.05 Å². The summed E-state index contributed by atoms with van der Waals surface area (Å²) >= 11 is 0. The third kappa shape index (κ3) is 10.8. The van der Waals surface area contributed by atoms with E-state index in [9.17, 15) is 18.4 Å². The van der Waals surface area contributed by atoms with Crippen molar-refractivity contribution in [3.63, 3.8) is 0 Å². The predicted octanol–water partition coefficient (Wildman–Crippen LogP) is 3.19. The summed E-state index contributed by atoms with van der Waals surface area (Å²) in [7, 11) is 1.25. The Bertz CT molecular complexity index is 457. The molecule has 0 aromatic heterocycles. The lowest BCUT2D eigenvalue weighted by atomic mass is 10.1. The zero-order valence-corrected chi connectivity index (χ0v) is 15.9. The van der Waals surface area contributed by atoms with Crippen LogP contribution >= 0.6 is 0 Å². The molecule has 0 fully saturated rings. The molecule has 1 atom stereocenters. The first kappa shape index (κ1) is 23.4. The van der Waals surface area contributed by atoms with Gasteiger partial charge in [0.15, 0.2) is 0 Å². The van der Waals surface area contributed by atoms with Crippen molar-refractivity contribution in [2.75, 3.05) is 20.3 Å². The number of likely N-dealkylation sites (N-methyl/N-ethyl adjacent to an activating group) is 1. The van der Waals surface area contributed by atoms with Crippen molar-refractivity contribution >= 4 is 12.2 Å². The maximum Gasteiger partial charge on any atom is 0.508 e. The smallest absolute Gasteiger partial charge is 0.444 e. The lowest BCUT2D eigenvalue weighted by Crippen LogP contribution is -2.46. The van der Waals surface area contributed by atoms with Gasteiger partial charge in [0.2, 0.25) is 0 Å². The molecule has 0 rings (SSSR count). The molecule has 25 heavy (non-hydrogen) atoms. The lowest BCUT2D eigenvalue weighted by molar-refractivity contribution is -0.0828. The Hall–Kier alpha value is -1.64. The van der Waals surface area contributed by atoms with Crippen LogP contribution < -0.4 is 0 Å². The van der Waals surface area contributed by atoms with Crippen LogP contribution in [0.2, 0.25) is 0 Å². The van der Waals surface area contributed by atoms with Gasteiger partial charge in [-0.3, -0.25) is 0 Å². The largest absolute Gasteiger partial charge is 0.508 e. The van der Waals surface area contributed by atoms with Crippen LogP contribution in [0.4, 0.5) is 18.4 Å².